The zero-order valence-corrected chi connectivity index (χ0v) is 10.3. The van der Waals surface area contributed by atoms with Gasteiger partial charge in [0.2, 0.25) is 0 Å². The SMILES string of the molecule is C=N/C(C)=C(/CC(C)C)SCBr. The average molecular weight is 250 g/mol. The highest BCUT2D eigenvalue weighted by atomic mass is 79.9. The van der Waals surface area contributed by atoms with Gasteiger partial charge in [-0.25, -0.2) is 0 Å². The summed E-state index contributed by atoms with van der Waals surface area (Å²) in [5.41, 5.74) is 1.06. The van der Waals surface area contributed by atoms with Gasteiger partial charge in [0.15, 0.2) is 0 Å². The van der Waals surface area contributed by atoms with E-state index >= 15 is 0 Å². The number of alkyl halides is 1. The van der Waals surface area contributed by atoms with E-state index in [1.807, 2.05) is 6.92 Å². The fourth-order valence-electron chi connectivity index (χ4n) is 0.836. The third kappa shape index (κ3) is 4.99. The Morgan fingerprint density at radius 1 is 1.58 bits per heavy atom. The van der Waals surface area contributed by atoms with Crippen LogP contribution in [0.1, 0.15) is 27.2 Å². The van der Waals surface area contributed by atoms with Crippen LogP contribution in [0.3, 0.4) is 0 Å². The van der Waals surface area contributed by atoms with Crippen molar-refractivity contribution in [1.29, 1.82) is 0 Å². The maximum atomic E-state index is 3.95. The second-order valence-electron chi connectivity index (χ2n) is 3.02. The van der Waals surface area contributed by atoms with Crippen molar-refractivity contribution in [2.75, 3.05) is 4.66 Å². The quantitative estimate of drug-likeness (QED) is 0.529. The fraction of sp³-hybridized carbons (Fsp3) is 0.667. The Labute approximate surface area is 87.9 Å². The zero-order valence-electron chi connectivity index (χ0n) is 7.93. The van der Waals surface area contributed by atoms with Crippen LogP contribution in [0, 0.1) is 5.92 Å². The Balaban J connectivity index is 4.31. The number of hydrogen-bond acceptors (Lipinski definition) is 2. The summed E-state index contributed by atoms with van der Waals surface area (Å²) in [5, 5.41) is 0. The van der Waals surface area contributed by atoms with Crippen molar-refractivity contribution < 1.29 is 0 Å². The van der Waals surface area contributed by atoms with Crippen LogP contribution in [0.2, 0.25) is 0 Å². The highest BCUT2D eigenvalue weighted by molar-refractivity contribution is 9.11. The van der Waals surface area contributed by atoms with Crippen molar-refractivity contribution in [3.63, 3.8) is 0 Å². The Bertz CT molecular complexity index is 175. The number of halogens is 1. The van der Waals surface area contributed by atoms with E-state index in [1.54, 1.807) is 11.8 Å². The van der Waals surface area contributed by atoms with E-state index in [1.165, 1.54) is 4.91 Å². The van der Waals surface area contributed by atoms with Gasteiger partial charge in [-0.15, -0.1) is 11.8 Å². The summed E-state index contributed by atoms with van der Waals surface area (Å²) in [6.07, 6.45) is 1.10. The van der Waals surface area contributed by atoms with E-state index in [0.29, 0.717) is 5.92 Å². The number of thioether (sulfide) groups is 1. The molecule has 0 aliphatic heterocycles. The Kier molecular flexibility index (Phi) is 6.86. The molecule has 0 unspecified atom stereocenters. The molecule has 0 saturated carbocycles. The van der Waals surface area contributed by atoms with Gasteiger partial charge in [-0.1, -0.05) is 29.8 Å². The van der Waals surface area contributed by atoms with Crippen LogP contribution in [0.4, 0.5) is 0 Å². The standard InChI is InChI=1S/C9H16BrNS/c1-7(2)5-9(12-6-10)8(3)11-4/h7H,4-6H2,1-3H3/b9-8-. The van der Waals surface area contributed by atoms with Gasteiger partial charge in [-0.3, -0.25) is 4.99 Å². The predicted octanol–water partition coefficient (Wildman–Crippen LogP) is 4.05. The smallest absolute Gasteiger partial charge is 0.0535 e. The van der Waals surface area contributed by atoms with Crippen LogP contribution < -0.4 is 0 Å². The normalized spacial score (nSPS) is 13.1. The molecule has 0 heterocycles. The van der Waals surface area contributed by atoms with E-state index in [2.05, 4.69) is 41.5 Å². The largest absolute Gasteiger partial charge is 0.269 e. The summed E-state index contributed by atoms with van der Waals surface area (Å²) in [7, 11) is 0. The van der Waals surface area contributed by atoms with Crippen LogP contribution in [-0.4, -0.2) is 11.4 Å². The molecule has 0 aromatic rings. The molecule has 0 radical (unpaired) electrons. The van der Waals surface area contributed by atoms with Crippen molar-refractivity contribution in [3.05, 3.63) is 10.6 Å². The fourth-order valence-corrected chi connectivity index (χ4v) is 2.52. The molecule has 0 fully saturated rings. The van der Waals surface area contributed by atoms with Gasteiger partial charge in [0.25, 0.3) is 0 Å². The lowest BCUT2D eigenvalue weighted by atomic mass is 10.1. The maximum Gasteiger partial charge on any atom is 0.0535 e. The minimum absolute atomic E-state index is 0.684. The van der Waals surface area contributed by atoms with E-state index < -0.39 is 0 Å². The molecule has 12 heavy (non-hydrogen) atoms. The topological polar surface area (TPSA) is 12.4 Å². The molecule has 0 rings (SSSR count). The molecule has 0 aliphatic carbocycles. The Morgan fingerprint density at radius 3 is 2.50 bits per heavy atom. The first-order chi connectivity index (χ1) is 5.61. The second-order valence-corrected chi connectivity index (χ2v) is 5.39. The van der Waals surface area contributed by atoms with Crippen LogP contribution in [0.15, 0.2) is 15.6 Å². The van der Waals surface area contributed by atoms with E-state index in [9.17, 15) is 0 Å². The van der Waals surface area contributed by atoms with Gasteiger partial charge < -0.3 is 0 Å². The zero-order chi connectivity index (χ0) is 9.56. The third-order valence-corrected chi connectivity index (χ3v) is 3.07. The van der Waals surface area contributed by atoms with Gasteiger partial charge >= 0.3 is 0 Å². The number of allylic oxidation sites excluding steroid dienone is 2. The molecule has 0 amide bonds. The molecule has 0 aliphatic rings. The average Bonchev–Trinajstić information content (AvgIpc) is 2.01. The molecular weight excluding hydrogens is 234 g/mol. The number of rotatable bonds is 5. The van der Waals surface area contributed by atoms with Crippen molar-refractivity contribution in [2.24, 2.45) is 10.9 Å². The van der Waals surface area contributed by atoms with Crippen LogP contribution in [0.5, 0.6) is 0 Å². The molecule has 0 N–H and O–H groups in total. The van der Waals surface area contributed by atoms with E-state index in [-0.39, 0.29) is 0 Å². The highest BCUT2D eigenvalue weighted by Crippen LogP contribution is 2.28. The number of nitrogens with zero attached hydrogens (tertiary/aromatic N) is 1. The van der Waals surface area contributed by atoms with Crippen molar-refractivity contribution in [3.8, 4) is 0 Å². The molecule has 0 atom stereocenters. The lowest BCUT2D eigenvalue weighted by Crippen LogP contribution is -1.91. The molecule has 70 valence electrons. The van der Waals surface area contributed by atoms with E-state index in [0.717, 1.165) is 16.8 Å². The van der Waals surface area contributed by atoms with Gasteiger partial charge in [0, 0.05) is 10.6 Å². The minimum Gasteiger partial charge on any atom is -0.269 e. The van der Waals surface area contributed by atoms with Crippen molar-refractivity contribution >= 4 is 34.4 Å². The first-order valence-corrected chi connectivity index (χ1v) is 6.07. The molecule has 1 nitrogen and oxygen atoms in total. The predicted molar refractivity (Wildman–Crippen MR) is 63.1 cm³/mol. The summed E-state index contributed by atoms with van der Waals surface area (Å²) in [6.45, 7) is 9.98. The molecular formula is C9H16BrNS. The van der Waals surface area contributed by atoms with Crippen LogP contribution >= 0.6 is 27.7 Å². The maximum absolute atomic E-state index is 3.95. The van der Waals surface area contributed by atoms with Crippen LogP contribution in [0.25, 0.3) is 0 Å². The first-order valence-electron chi connectivity index (χ1n) is 3.97. The highest BCUT2D eigenvalue weighted by Gasteiger charge is 2.04. The molecule has 0 spiro atoms. The third-order valence-electron chi connectivity index (χ3n) is 1.46. The molecule has 0 aromatic heterocycles. The van der Waals surface area contributed by atoms with Crippen LogP contribution in [-0.2, 0) is 0 Å². The van der Waals surface area contributed by atoms with E-state index in [4.69, 9.17) is 0 Å². The summed E-state index contributed by atoms with van der Waals surface area (Å²) >= 11 is 5.20. The number of aliphatic imine (C=N–C) groups is 1. The minimum atomic E-state index is 0.684. The molecule has 0 aromatic carbocycles. The number of hydrogen-bond donors (Lipinski definition) is 0. The monoisotopic (exact) mass is 249 g/mol. The molecule has 0 bridgehead atoms. The lowest BCUT2D eigenvalue weighted by Gasteiger charge is -2.09. The Hall–Kier alpha value is 0.240. The van der Waals surface area contributed by atoms with Gasteiger partial charge in [0.05, 0.1) is 4.66 Å². The lowest BCUT2D eigenvalue weighted by molar-refractivity contribution is 0.655. The van der Waals surface area contributed by atoms with Crippen molar-refractivity contribution in [1.82, 2.24) is 0 Å². The van der Waals surface area contributed by atoms with Crippen molar-refractivity contribution in [2.45, 2.75) is 27.2 Å². The molecule has 3 heteroatoms. The van der Waals surface area contributed by atoms with Gasteiger partial charge in [0.1, 0.15) is 0 Å². The van der Waals surface area contributed by atoms with Gasteiger partial charge in [-0.05, 0) is 26.0 Å². The summed E-state index contributed by atoms with van der Waals surface area (Å²) in [4.78, 5) is 5.29. The summed E-state index contributed by atoms with van der Waals surface area (Å²) in [5.74, 6) is 0.684. The molecule has 0 saturated heterocycles. The Morgan fingerprint density at radius 2 is 2.17 bits per heavy atom. The summed E-state index contributed by atoms with van der Waals surface area (Å²) in [6, 6.07) is 0. The summed E-state index contributed by atoms with van der Waals surface area (Å²) < 4.78 is 0.932. The first kappa shape index (κ1) is 12.2. The van der Waals surface area contributed by atoms with Gasteiger partial charge in [-0.2, -0.15) is 0 Å². The second kappa shape index (κ2) is 6.72.